The number of carbonyl (C=O) groups is 1. The Hall–Kier alpha value is -1.55. The molecule has 4 heteroatoms. The molecule has 1 heterocycles. The Morgan fingerprint density at radius 3 is 3.04 bits per heavy atom. The van der Waals surface area contributed by atoms with Crippen LogP contribution in [0.5, 0.6) is 0 Å². The van der Waals surface area contributed by atoms with Gasteiger partial charge in [-0.05, 0) is 79.3 Å². The van der Waals surface area contributed by atoms with Crippen LogP contribution in [0.2, 0.25) is 0 Å². The predicted molar refractivity (Wildman–Crippen MR) is 97.3 cm³/mol. The van der Waals surface area contributed by atoms with E-state index in [1.54, 1.807) is 0 Å². The van der Waals surface area contributed by atoms with Crippen LogP contribution in [-0.2, 0) is 9.53 Å². The predicted octanol–water partition coefficient (Wildman–Crippen LogP) is 4.29. The highest BCUT2D eigenvalue weighted by atomic mass is 16.5. The molecule has 4 nitrogen and oxygen atoms in total. The summed E-state index contributed by atoms with van der Waals surface area (Å²) < 4.78 is 10.9. The molecule has 4 aliphatic rings. The van der Waals surface area contributed by atoms with Crippen LogP contribution in [0.15, 0.2) is 22.8 Å². The van der Waals surface area contributed by atoms with Crippen molar-refractivity contribution in [2.45, 2.75) is 63.9 Å². The molecule has 0 aliphatic heterocycles. The maximum absolute atomic E-state index is 11.3. The van der Waals surface area contributed by atoms with Gasteiger partial charge in [0.15, 0.2) is 0 Å². The van der Waals surface area contributed by atoms with Gasteiger partial charge in [-0.25, -0.2) is 0 Å². The molecule has 0 radical (unpaired) electrons. The van der Waals surface area contributed by atoms with Crippen molar-refractivity contribution in [2.24, 2.45) is 22.7 Å². The van der Waals surface area contributed by atoms with Crippen LogP contribution in [0, 0.1) is 22.7 Å². The number of aliphatic hydroxyl groups is 1. The van der Waals surface area contributed by atoms with E-state index in [1.807, 2.05) is 6.26 Å². The van der Waals surface area contributed by atoms with Crippen molar-refractivity contribution in [3.63, 3.8) is 0 Å². The summed E-state index contributed by atoms with van der Waals surface area (Å²) in [6, 6.07) is 2.15. The van der Waals surface area contributed by atoms with Crippen LogP contribution in [0.4, 0.5) is 0 Å². The molecule has 3 saturated carbocycles. The molecule has 2 bridgehead atoms. The lowest BCUT2D eigenvalue weighted by Gasteiger charge is -2.58. The summed E-state index contributed by atoms with van der Waals surface area (Å²) in [5.41, 5.74) is 0.810. The highest BCUT2D eigenvalue weighted by Crippen LogP contribution is 2.71. The van der Waals surface area contributed by atoms with Crippen molar-refractivity contribution >= 4 is 12.0 Å². The van der Waals surface area contributed by atoms with Gasteiger partial charge in [-0.1, -0.05) is 13.0 Å². The zero-order valence-electron chi connectivity index (χ0n) is 15.7. The number of hydrogen-bond donors (Lipinski definition) is 1. The van der Waals surface area contributed by atoms with Crippen molar-refractivity contribution < 1.29 is 19.1 Å². The fraction of sp³-hybridized carbons (Fsp3) is 0.682. The number of carbonyl (C=O) groups excluding carboxylic acids is 1. The second-order valence-corrected chi connectivity index (χ2v) is 9.48. The minimum atomic E-state index is -0.844. The summed E-state index contributed by atoms with van der Waals surface area (Å²) in [4.78, 5) is 11.3. The first-order chi connectivity index (χ1) is 12.4. The standard InChI is InChI=1S/C22H28O4/c1-14(23)26-13-22(24)12-21-9-5-17-16-7-10-25-18(16)6-8-20(17,2)19(21)4-3-15(22)11-21/h6-8,10,15,17,19,24H,3-5,9,11-13H2,1-2H3. The molecule has 0 aromatic carbocycles. The minimum absolute atomic E-state index is 0.118. The first kappa shape index (κ1) is 16.6. The third-order valence-corrected chi connectivity index (χ3v) is 8.27. The molecular weight excluding hydrogens is 328 g/mol. The Morgan fingerprint density at radius 2 is 2.23 bits per heavy atom. The van der Waals surface area contributed by atoms with Crippen LogP contribution in [0.25, 0.3) is 6.08 Å². The highest BCUT2D eigenvalue weighted by molar-refractivity contribution is 5.66. The van der Waals surface area contributed by atoms with E-state index in [4.69, 9.17) is 9.15 Å². The Balaban J connectivity index is 1.48. The fourth-order valence-corrected chi connectivity index (χ4v) is 7.27. The Kier molecular flexibility index (Phi) is 3.35. The average Bonchev–Trinajstić information content (AvgIpc) is 3.14. The van der Waals surface area contributed by atoms with Gasteiger partial charge in [0.05, 0.1) is 6.26 Å². The van der Waals surface area contributed by atoms with E-state index in [1.165, 1.54) is 12.5 Å². The normalized spacial score (nSPS) is 45.6. The maximum atomic E-state index is 11.3. The molecule has 26 heavy (non-hydrogen) atoms. The van der Waals surface area contributed by atoms with Crippen molar-refractivity contribution in [1.29, 1.82) is 0 Å². The van der Waals surface area contributed by atoms with E-state index in [0.29, 0.717) is 11.8 Å². The quantitative estimate of drug-likeness (QED) is 0.803. The summed E-state index contributed by atoms with van der Waals surface area (Å²) in [5.74, 6) is 2.06. The van der Waals surface area contributed by atoms with Gasteiger partial charge < -0.3 is 14.3 Å². The van der Waals surface area contributed by atoms with Crippen LogP contribution in [-0.4, -0.2) is 23.3 Å². The van der Waals surface area contributed by atoms with Crippen molar-refractivity contribution in [3.05, 3.63) is 29.7 Å². The topological polar surface area (TPSA) is 59.7 Å². The first-order valence-electron chi connectivity index (χ1n) is 9.99. The van der Waals surface area contributed by atoms with Crippen molar-refractivity contribution in [1.82, 2.24) is 0 Å². The van der Waals surface area contributed by atoms with E-state index in [0.717, 1.165) is 44.3 Å². The number of allylic oxidation sites excluding steroid dienone is 1. The zero-order valence-corrected chi connectivity index (χ0v) is 15.7. The van der Waals surface area contributed by atoms with E-state index < -0.39 is 5.60 Å². The highest BCUT2D eigenvalue weighted by Gasteiger charge is 2.65. The lowest BCUT2D eigenvalue weighted by molar-refractivity contribution is -0.151. The van der Waals surface area contributed by atoms with Crippen LogP contribution >= 0.6 is 0 Å². The van der Waals surface area contributed by atoms with Gasteiger partial charge in [-0.3, -0.25) is 4.79 Å². The Labute approximate surface area is 154 Å². The SMILES string of the molecule is CC(=O)OCC1(O)CC23CCC4c5ccoc5C=CC4(C)C2CCC1C3. The fourth-order valence-electron chi connectivity index (χ4n) is 7.27. The molecule has 6 atom stereocenters. The number of furan rings is 1. The molecule has 3 fully saturated rings. The maximum Gasteiger partial charge on any atom is 0.302 e. The summed E-state index contributed by atoms with van der Waals surface area (Å²) in [5, 5.41) is 11.3. The van der Waals surface area contributed by atoms with Gasteiger partial charge in [0.2, 0.25) is 0 Å². The molecule has 5 rings (SSSR count). The molecule has 1 spiro atoms. The summed E-state index contributed by atoms with van der Waals surface area (Å²) in [6.45, 7) is 4.00. The van der Waals surface area contributed by atoms with E-state index >= 15 is 0 Å². The molecule has 140 valence electrons. The lowest BCUT2D eigenvalue weighted by Crippen LogP contribution is -2.49. The van der Waals surface area contributed by atoms with Gasteiger partial charge in [0.1, 0.15) is 18.0 Å². The molecule has 1 N–H and O–H groups in total. The molecule has 1 aromatic rings. The number of fused-ring (bicyclic) bond motifs is 5. The van der Waals surface area contributed by atoms with Gasteiger partial charge in [-0.2, -0.15) is 0 Å². The van der Waals surface area contributed by atoms with Gasteiger partial charge in [-0.15, -0.1) is 0 Å². The average molecular weight is 356 g/mol. The molecule has 6 unspecified atom stereocenters. The number of rotatable bonds is 2. The number of esters is 1. The molecule has 0 saturated heterocycles. The molecule has 4 aliphatic carbocycles. The summed E-state index contributed by atoms with van der Waals surface area (Å²) in [6.07, 6.45) is 12.7. The van der Waals surface area contributed by atoms with Crippen LogP contribution in [0.3, 0.4) is 0 Å². The second-order valence-electron chi connectivity index (χ2n) is 9.48. The van der Waals surface area contributed by atoms with Crippen molar-refractivity contribution in [3.8, 4) is 0 Å². The largest absolute Gasteiger partial charge is 0.465 e. The van der Waals surface area contributed by atoms with Gasteiger partial charge >= 0.3 is 5.97 Å². The number of ether oxygens (including phenoxy) is 1. The summed E-state index contributed by atoms with van der Waals surface area (Å²) in [7, 11) is 0. The lowest BCUT2D eigenvalue weighted by atomic mass is 9.46. The molecule has 1 aromatic heterocycles. The first-order valence-corrected chi connectivity index (χ1v) is 9.99. The van der Waals surface area contributed by atoms with Gasteiger partial charge in [0.25, 0.3) is 0 Å². The third-order valence-electron chi connectivity index (χ3n) is 8.27. The Morgan fingerprint density at radius 1 is 1.38 bits per heavy atom. The van der Waals surface area contributed by atoms with Crippen molar-refractivity contribution in [2.75, 3.05) is 6.61 Å². The van der Waals surface area contributed by atoms with Gasteiger partial charge in [0, 0.05) is 12.5 Å². The van der Waals surface area contributed by atoms with Crippen LogP contribution in [0.1, 0.15) is 69.6 Å². The van der Waals surface area contributed by atoms with E-state index in [9.17, 15) is 9.90 Å². The molecule has 0 amide bonds. The monoisotopic (exact) mass is 356 g/mol. The third kappa shape index (κ3) is 2.08. The number of hydrogen-bond acceptors (Lipinski definition) is 4. The van der Waals surface area contributed by atoms with Crippen LogP contribution < -0.4 is 0 Å². The molecular formula is C22H28O4. The van der Waals surface area contributed by atoms with E-state index in [-0.39, 0.29) is 29.3 Å². The second kappa shape index (κ2) is 5.25. The smallest absolute Gasteiger partial charge is 0.302 e. The Bertz CT molecular complexity index is 779. The summed E-state index contributed by atoms with van der Waals surface area (Å²) >= 11 is 0. The zero-order chi connectivity index (χ0) is 18.2. The minimum Gasteiger partial charge on any atom is -0.465 e. The van der Waals surface area contributed by atoms with E-state index in [2.05, 4.69) is 25.1 Å².